The lowest BCUT2D eigenvalue weighted by atomic mass is 10.2. The maximum atomic E-state index is 12.3. The highest BCUT2D eigenvalue weighted by molar-refractivity contribution is 7.99. The molecular weight excluding hydrogens is 334 g/mol. The van der Waals surface area contributed by atoms with Crippen LogP contribution in [0.25, 0.3) is 0 Å². The van der Waals surface area contributed by atoms with E-state index in [0.717, 1.165) is 21.9 Å². The largest absolute Gasteiger partial charge is 0.497 e. The molecule has 0 spiro atoms. The van der Waals surface area contributed by atoms with E-state index in [-0.39, 0.29) is 12.5 Å². The van der Waals surface area contributed by atoms with Gasteiger partial charge in [0.05, 0.1) is 31.2 Å². The number of thioether (sulfide) groups is 1. The van der Waals surface area contributed by atoms with E-state index in [1.807, 2.05) is 60.5 Å². The number of nitrogens with one attached hydrogen (secondary N) is 1. The highest BCUT2D eigenvalue weighted by Crippen LogP contribution is 2.26. The van der Waals surface area contributed by atoms with Crippen LogP contribution in [0.15, 0.2) is 53.4 Å². The van der Waals surface area contributed by atoms with Crippen molar-refractivity contribution in [3.05, 3.63) is 54.1 Å². The number of methoxy groups -OCH3 is 1. The molecule has 1 N–H and O–H groups in total. The molecular formula is C19H21N3O2S. The Balaban J connectivity index is 1.92. The maximum Gasteiger partial charge on any atom is 0.238 e. The lowest BCUT2D eigenvalue weighted by molar-refractivity contribution is -0.117. The monoisotopic (exact) mass is 355 g/mol. The second-order valence-electron chi connectivity index (χ2n) is 5.51. The number of anilines is 1. The van der Waals surface area contributed by atoms with Gasteiger partial charge < -0.3 is 10.1 Å². The minimum absolute atomic E-state index is 0.0876. The number of rotatable bonds is 8. The molecule has 2 rings (SSSR count). The molecule has 5 nitrogen and oxygen atoms in total. The Hall–Kier alpha value is -2.49. The minimum atomic E-state index is -0.0876. The van der Waals surface area contributed by atoms with Crippen LogP contribution in [0.4, 0.5) is 5.69 Å². The first-order valence-electron chi connectivity index (χ1n) is 7.82. The average molecular weight is 355 g/mol. The van der Waals surface area contributed by atoms with Crippen LogP contribution in [0, 0.1) is 11.3 Å². The van der Waals surface area contributed by atoms with Crippen molar-refractivity contribution in [3.8, 4) is 11.8 Å². The van der Waals surface area contributed by atoms with Crippen LogP contribution in [0.3, 0.4) is 0 Å². The summed E-state index contributed by atoms with van der Waals surface area (Å²) in [4.78, 5) is 15.1. The van der Waals surface area contributed by atoms with E-state index in [1.54, 1.807) is 7.11 Å². The lowest BCUT2D eigenvalue weighted by Gasteiger charge is -2.17. The van der Waals surface area contributed by atoms with Crippen molar-refractivity contribution < 1.29 is 9.53 Å². The van der Waals surface area contributed by atoms with Gasteiger partial charge in [0.15, 0.2) is 0 Å². The molecule has 0 atom stereocenters. The summed E-state index contributed by atoms with van der Waals surface area (Å²) in [7, 11) is 3.54. The smallest absolute Gasteiger partial charge is 0.238 e. The summed E-state index contributed by atoms with van der Waals surface area (Å²) in [5.74, 6) is 1.07. The number of amides is 1. The molecule has 0 saturated carbocycles. The van der Waals surface area contributed by atoms with Crippen LogP contribution in [-0.4, -0.2) is 37.3 Å². The number of nitrogens with zero attached hydrogens (tertiary/aromatic N) is 2. The Kier molecular flexibility index (Phi) is 7.33. The Morgan fingerprint density at radius 1 is 1.28 bits per heavy atom. The predicted molar refractivity (Wildman–Crippen MR) is 101 cm³/mol. The summed E-state index contributed by atoms with van der Waals surface area (Å²) in [5, 5.41) is 11.6. The molecule has 2 aromatic rings. The zero-order valence-electron chi connectivity index (χ0n) is 14.4. The summed E-state index contributed by atoms with van der Waals surface area (Å²) < 4.78 is 5.22. The van der Waals surface area contributed by atoms with Gasteiger partial charge in [0.25, 0.3) is 0 Å². The summed E-state index contributed by atoms with van der Waals surface area (Å²) in [6.07, 6.45) is 0. The van der Waals surface area contributed by atoms with Gasteiger partial charge in [-0.2, -0.15) is 5.26 Å². The van der Waals surface area contributed by atoms with Crippen LogP contribution in [-0.2, 0) is 11.3 Å². The Morgan fingerprint density at radius 3 is 2.84 bits per heavy atom. The number of carbonyl (C=O) groups is 1. The first kappa shape index (κ1) is 18.8. The number of ether oxygens (including phenoxy) is 1. The SMILES string of the molecule is COc1cccc(CN(C)CC(=O)Nc2ccccc2SCC#N)c1. The predicted octanol–water partition coefficient (Wildman–Crippen LogP) is 3.38. The zero-order chi connectivity index (χ0) is 18.1. The van der Waals surface area contributed by atoms with Crippen LogP contribution in [0.5, 0.6) is 5.75 Å². The Bertz CT molecular complexity index is 758. The molecule has 130 valence electrons. The zero-order valence-corrected chi connectivity index (χ0v) is 15.2. The van der Waals surface area contributed by atoms with E-state index in [2.05, 4.69) is 11.4 Å². The van der Waals surface area contributed by atoms with Crippen molar-refractivity contribution in [3.63, 3.8) is 0 Å². The van der Waals surface area contributed by atoms with E-state index < -0.39 is 0 Å². The molecule has 0 heterocycles. The van der Waals surface area contributed by atoms with Crippen LogP contribution >= 0.6 is 11.8 Å². The van der Waals surface area contributed by atoms with Gasteiger partial charge in [-0.1, -0.05) is 24.3 Å². The quantitative estimate of drug-likeness (QED) is 0.736. The molecule has 0 unspecified atom stereocenters. The fourth-order valence-electron chi connectivity index (χ4n) is 2.38. The van der Waals surface area contributed by atoms with Crippen molar-refractivity contribution >= 4 is 23.4 Å². The number of hydrogen-bond acceptors (Lipinski definition) is 5. The molecule has 0 radical (unpaired) electrons. The summed E-state index contributed by atoms with van der Waals surface area (Å²) >= 11 is 1.41. The van der Waals surface area contributed by atoms with Gasteiger partial charge in [-0.3, -0.25) is 9.69 Å². The van der Waals surface area contributed by atoms with Gasteiger partial charge in [0, 0.05) is 11.4 Å². The normalized spacial score (nSPS) is 10.3. The lowest BCUT2D eigenvalue weighted by Crippen LogP contribution is -2.30. The van der Waals surface area contributed by atoms with Crippen LogP contribution in [0.1, 0.15) is 5.56 Å². The van der Waals surface area contributed by atoms with Gasteiger partial charge in [-0.25, -0.2) is 0 Å². The molecule has 0 fully saturated rings. The number of para-hydroxylation sites is 1. The number of hydrogen-bond donors (Lipinski definition) is 1. The van der Waals surface area contributed by atoms with Crippen molar-refractivity contribution in [1.82, 2.24) is 4.90 Å². The third-order valence-corrected chi connectivity index (χ3v) is 4.39. The fourth-order valence-corrected chi connectivity index (χ4v) is 3.05. The molecule has 0 aliphatic rings. The van der Waals surface area contributed by atoms with Crippen molar-refractivity contribution in [2.75, 3.05) is 31.8 Å². The number of likely N-dealkylation sites (N-methyl/N-ethyl adjacent to an activating group) is 1. The van der Waals surface area contributed by atoms with Gasteiger partial charge in [-0.15, -0.1) is 11.8 Å². The third kappa shape index (κ3) is 6.14. The highest BCUT2D eigenvalue weighted by atomic mass is 32.2. The Morgan fingerprint density at radius 2 is 2.08 bits per heavy atom. The number of benzene rings is 2. The average Bonchev–Trinajstić information content (AvgIpc) is 2.61. The Labute approximate surface area is 152 Å². The second-order valence-corrected chi connectivity index (χ2v) is 6.53. The number of nitriles is 1. The molecule has 25 heavy (non-hydrogen) atoms. The number of carbonyl (C=O) groups excluding carboxylic acids is 1. The van der Waals surface area contributed by atoms with Crippen molar-refractivity contribution in [1.29, 1.82) is 5.26 Å². The molecule has 0 aliphatic heterocycles. The van der Waals surface area contributed by atoms with Crippen molar-refractivity contribution in [2.45, 2.75) is 11.4 Å². The molecule has 2 aromatic carbocycles. The second kappa shape index (κ2) is 9.72. The van der Waals surface area contributed by atoms with Gasteiger partial charge in [0.2, 0.25) is 5.91 Å². The first-order valence-corrected chi connectivity index (χ1v) is 8.81. The highest BCUT2D eigenvalue weighted by Gasteiger charge is 2.10. The first-order chi connectivity index (χ1) is 12.1. The minimum Gasteiger partial charge on any atom is -0.497 e. The molecule has 0 aromatic heterocycles. The van der Waals surface area contributed by atoms with Crippen molar-refractivity contribution in [2.24, 2.45) is 0 Å². The summed E-state index contributed by atoms with van der Waals surface area (Å²) in [6, 6.07) is 17.4. The van der Waals surface area contributed by atoms with Gasteiger partial charge >= 0.3 is 0 Å². The summed E-state index contributed by atoms with van der Waals surface area (Å²) in [5.41, 5.74) is 1.82. The molecule has 1 amide bonds. The van der Waals surface area contributed by atoms with E-state index in [9.17, 15) is 4.79 Å². The fraction of sp³-hybridized carbons (Fsp3) is 0.263. The molecule has 6 heteroatoms. The van der Waals surface area contributed by atoms with Crippen LogP contribution < -0.4 is 10.1 Å². The van der Waals surface area contributed by atoms with E-state index in [1.165, 1.54) is 11.8 Å². The van der Waals surface area contributed by atoms with E-state index in [0.29, 0.717) is 12.3 Å². The third-order valence-electron chi connectivity index (χ3n) is 3.45. The van der Waals surface area contributed by atoms with E-state index in [4.69, 9.17) is 10.00 Å². The molecule has 0 aliphatic carbocycles. The topological polar surface area (TPSA) is 65.4 Å². The standard InChI is InChI=1S/C19H21N3O2S/c1-22(13-15-6-5-7-16(12-15)24-2)14-19(23)21-17-8-3-4-9-18(17)25-11-10-20/h3-9,12H,11,13-14H2,1-2H3,(H,21,23). The van der Waals surface area contributed by atoms with Gasteiger partial charge in [0.1, 0.15) is 5.75 Å². The maximum absolute atomic E-state index is 12.3. The summed E-state index contributed by atoms with van der Waals surface area (Å²) in [6.45, 7) is 0.921. The van der Waals surface area contributed by atoms with Gasteiger partial charge in [-0.05, 0) is 36.9 Å². The molecule has 0 bridgehead atoms. The van der Waals surface area contributed by atoms with Crippen LogP contribution in [0.2, 0.25) is 0 Å². The van der Waals surface area contributed by atoms with E-state index >= 15 is 0 Å². The molecule has 0 saturated heterocycles.